The molecule has 2 aliphatic heterocycles. The van der Waals surface area contributed by atoms with E-state index in [1.165, 1.54) is 0 Å². The molecular formula is C18H20N4O3. The van der Waals surface area contributed by atoms with Crippen LogP contribution in [0.15, 0.2) is 24.4 Å². The number of pyridine rings is 2. The molecule has 1 N–H and O–H groups in total. The standard InChI is InChI=1S/C18H20N4O3/c1-11-14(6-12-4-3-5-19-15(12)20-11)16(23)22-8-13-7-21(2)9-18(13,10-22)17(24)25/h3-6,13H,7-10H2,1-2H3,(H,24,25)/t13-,18-/m0/s1. The van der Waals surface area contributed by atoms with Gasteiger partial charge in [-0.2, -0.15) is 0 Å². The Bertz CT molecular complexity index is 884. The fraction of sp³-hybridized carbons (Fsp3) is 0.444. The molecule has 2 aromatic heterocycles. The number of carboxylic acids is 1. The van der Waals surface area contributed by atoms with Crippen molar-refractivity contribution in [2.24, 2.45) is 11.3 Å². The van der Waals surface area contributed by atoms with Crippen molar-refractivity contribution >= 4 is 22.9 Å². The molecule has 2 saturated heterocycles. The molecule has 7 nitrogen and oxygen atoms in total. The lowest BCUT2D eigenvalue weighted by atomic mass is 9.81. The summed E-state index contributed by atoms with van der Waals surface area (Å²) in [5.41, 5.74) is 0.895. The molecule has 2 aromatic rings. The van der Waals surface area contributed by atoms with Crippen LogP contribution < -0.4 is 0 Å². The van der Waals surface area contributed by atoms with Crippen molar-refractivity contribution in [3.05, 3.63) is 35.7 Å². The number of carbonyl (C=O) groups is 2. The third-order valence-corrected chi connectivity index (χ3v) is 5.50. The fourth-order valence-electron chi connectivity index (χ4n) is 4.25. The van der Waals surface area contributed by atoms with Crippen molar-refractivity contribution in [1.82, 2.24) is 19.8 Å². The highest BCUT2D eigenvalue weighted by atomic mass is 16.4. The van der Waals surface area contributed by atoms with Crippen LogP contribution in [0.1, 0.15) is 16.1 Å². The van der Waals surface area contributed by atoms with Crippen molar-refractivity contribution < 1.29 is 14.7 Å². The molecule has 1 amide bonds. The number of fused-ring (bicyclic) bond motifs is 2. The number of aryl methyl sites for hydroxylation is 1. The predicted molar refractivity (Wildman–Crippen MR) is 91.2 cm³/mol. The Morgan fingerprint density at radius 2 is 2.12 bits per heavy atom. The third kappa shape index (κ3) is 2.38. The van der Waals surface area contributed by atoms with Gasteiger partial charge in [0.15, 0.2) is 5.65 Å². The van der Waals surface area contributed by atoms with E-state index in [0.29, 0.717) is 36.5 Å². The van der Waals surface area contributed by atoms with Crippen LogP contribution in [0, 0.1) is 18.3 Å². The maximum absolute atomic E-state index is 13.0. The topological polar surface area (TPSA) is 86.6 Å². The molecule has 2 aliphatic rings. The van der Waals surface area contributed by atoms with E-state index in [0.717, 1.165) is 5.39 Å². The second-order valence-corrected chi connectivity index (χ2v) is 7.21. The molecule has 0 aromatic carbocycles. The number of aromatic nitrogens is 2. The van der Waals surface area contributed by atoms with Gasteiger partial charge in [-0.1, -0.05) is 0 Å². The molecule has 4 rings (SSSR count). The van der Waals surface area contributed by atoms with Crippen LogP contribution in [-0.4, -0.2) is 70.0 Å². The molecule has 0 saturated carbocycles. The summed E-state index contributed by atoms with van der Waals surface area (Å²) in [6.07, 6.45) is 1.67. The van der Waals surface area contributed by atoms with Gasteiger partial charge in [-0.15, -0.1) is 0 Å². The molecule has 0 bridgehead atoms. The summed E-state index contributed by atoms with van der Waals surface area (Å²) >= 11 is 0. The summed E-state index contributed by atoms with van der Waals surface area (Å²) < 4.78 is 0. The number of carbonyl (C=O) groups excluding carboxylic acids is 1. The first kappa shape index (κ1) is 16.0. The number of likely N-dealkylation sites (tertiary alicyclic amines) is 2. The van der Waals surface area contributed by atoms with Gasteiger partial charge in [0, 0.05) is 43.7 Å². The Hall–Kier alpha value is -2.54. The molecule has 2 fully saturated rings. The Morgan fingerprint density at radius 1 is 1.32 bits per heavy atom. The Kier molecular flexibility index (Phi) is 3.50. The Morgan fingerprint density at radius 3 is 2.84 bits per heavy atom. The van der Waals surface area contributed by atoms with E-state index >= 15 is 0 Å². The van der Waals surface area contributed by atoms with E-state index in [9.17, 15) is 14.7 Å². The zero-order valence-electron chi connectivity index (χ0n) is 14.3. The minimum Gasteiger partial charge on any atom is -0.481 e. The molecule has 0 unspecified atom stereocenters. The molecule has 0 spiro atoms. The molecule has 130 valence electrons. The van der Waals surface area contributed by atoms with Gasteiger partial charge in [-0.3, -0.25) is 9.59 Å². The summed E-state index contributed by atoms with van der Waals surface area (Å²) in [5, 5.41) is 10.6. The Balaban J connectivity index is 1.67. The second-order valence-electron chi connectivity index (χ2n) is 7.21. The number of hydrogen-bond acceptors (Lipinski definition) is 5. The minimum atomic E-state index is -0.857. The van der Waals surface area contributed by atoms with Crippen LogP contribution >= 0.6 is 0 Å². The minimum absolute atomic E-state index is 0.0330. The SMILES string of the molecule is Cc1nc2ncccc2cc1C(=O)N1C[C@@H]2CN(C)C[C@]2(C(=O)O)C1. The lowest BCUT2D eigenvalue weighted by molar-refractivity contribution is -0.148. The average molecular weight is 340 g/mol. The van der Waals surface area contributed by atoms with Gasteiger partial charge < -0.3 is 14.9 Å². The first-order valence-corrected chi connectivity index (χ1v) is 8.34. The van der Waals surface area contributed by atoms with Gasteiger partial charge in [-0.25, -0.2) is 9.97 Å². The number of nitrogens with zero attached hydrogens (tertiary/aromatic N) is 4. The van der Waals surface area contributed by atoms with Gasteiger partial charge in [0.25, 0.3) is 5.91 Å². The van der Waals surface area contributed by atoms with Gasteiger partial charge in [-0.05, 0) is 32.2 Å². The van der Waals surface area contributed by atoms with E-state index in [2.05, 4.69) is 9.97 Å². The average Bonchev–Trinajstić information content (AvgIpc) is 3.07. The summed E-state index contributed by atoms with van der Waals surface area (Å²) in [6.45, 7) is 3.70. The highest BCUT2D eigenvalue weighted by Gasteiger charge is 2.57. The van der Waals surface area contributed by atoms with E-state index < -0.39 is 11.4 Å². The van der Waals surface area contributed by atoms with Crippen molar-refractivity contribution in [1.29, 1.82) is 0 Å². The largest absolute Gasteiger partial charge is 0.481 e. The number of amides is 1. The molecule has 2 atom stereocenters. The zero-order valence-corrected chi connectivity index (χ0v) is 14.3. The fourth-order valence-corrected chi connectivity index (χ4v) is 4.25. The predicted octanol–water partition coefficient (Wildman–Crippen LogP) is 1.03. The van der Waals surface area contributed by atoms with E-state index in [1.807, 2.05) is 24.1 Å². The highest BCUT2D eigenvalue weighted by Crippen LogP contribution is 2.42. The number of aliphatic carboxylic acids is 1. The smallest absolute Gasteiger partial charge is 0.313 e. The van der Waals surface area contributed by atoms with E-state index in [4.69, 9.17) is 0 Å². The molecule has 7 heteroatoms. The van der Waals surface area contributed by atoms with Crippen LogP contribution in [0.5, 0.6) is 0 Å². The first-order chi connectivity index (χ1) is 11.9. The summed E-state index contributed by atoms with van der Waals surface area (Å²) in [5.74, 6) is -0.988. The van der Waals surface area contributed by atoms with Crippen LogP contribution in [-0.2, 0) is 4.79 Å². The first-order valence-electron chi connectivity index (χ1n) is 8.34. The van der Waals surface area contributed by atoms with Gasteiger partial charge in [0.05, 0.1) is 11.3 Å². The molecule has 4 heterocycles. The van der Waals surface area contributed by atoms with Crippen molar-refractivity contribution in [2.75, 3.05) is 33.2 Å². The number of rotatable bonds is 2. The van der Waals surface area contributed by atoms with Gasteiger partial charge >= 0.3 is 5.97 Å². The van der Waals surface area contributed by atoms with Crippen LogP contribution in [0.2, 0.25) is 0 Å². The highest BCUT2D eigenvalue weighted by molar-refractivity contribution is 5.99. The Labute approximate surface area is 145 Å². The van der Waals surface area contributed by atoms with E-state index in [1.54, 1.807) is 24.1 Å². The number of hydrogen-bond donors (Lipinski definition) is 1. The van der Waals surface area contributed by atoms with E-state index in [-0.39, 0.29) is 18.4 Å². The normalized spacial score (nSPS) is 26.2. The summed E-state index contributed by atoms with van der Waals surface area (Å²) in [4.78, 5) is 37.3. The van der Waals surface area contributed by atoms with Crippen molar-refractivity contribution in [2.45, 2.75) is 6.92 Å². The monoisotopic (exact) mass is 340 g/mol. The van der Waals surface area contributed by atoms with Crippen molar-refractivity contribution in [3.63, 3.8) is 0 Å². The molecular weight excluding hydrogens is 320 g/mol. The third-order valence-electron chi connectivity index (χ3n) is 5.50. The van der Waals surface area contributed by atoms with Gasteiger partial charge in [0.2, 0.25) is 0 Å². The lowest BCUT2D eigenvalue weighted by Gasteiger charge is -2.24. The summed E-state index contributed by atoms with van der Waals surface area (Å²) in [7, 11) is 1.93. The molecule has 0 aliphatic carbocycles. The van der Waals surface area contributed by atoms with Crippen LogP contribution in [0.3, 0.4) is 0 Å². The maximum Gasteiger partial charge on any atom is 0.313 e. The molecule has 0 radical (unpaired) electrons. The van der Waals surface area contributed by atoms with Crippen LogP contribution in [0.4, 0.5) is 0 Å². The quantitative estimate of drug-likeness (QED) is 0.879. The second kappa shape index (κ2) is 5.49. The van der Waals surface area contributed by atoms with Crippen molar-refractivity contribution in [3.8, 4) is 0 Å². The number of carboxylic acid groups (broad SMARTS) is 1. The maximum atomic E-state index is 13.0. The van der Waals surface area contributed by atoms with Gasteiger partial charge in [0.1, 0.15) is 5.41 Å². The summed E-state index contributed by atoms with van der Waals surface area (Å²) in [6, 6.07) is 5.49. The lowest BCUT2D eigenvalue weighted by Crippen LogP contribution is -2.41. The zero-order chi connectivity index (χ0) is 17.8. The molecule has 25 heavy (non-hydrogen) atoms. The van der Waals surface area contributed by atoms with Crippen LogP contribution in [0.25, 0.3) is 11.0 Å².